The Morgan fingerprint density at radius 1 is 1.05 bits per heavy atom. The van der Waals surface area contributed by atoms with Gasteiger partial charge in [0.1, 0.15) is 24.9 Å². The number of carbonyl (C=O) groups is 1. The normalized spacial score (nSPS) is 33.7. The predicted molar refractivity (Wildman–Crippen MR) is 65.1 cm³/mol. The first-order valence-corrected chi connectivity index (χ1v) is 6.09. The first-order valence-electron chi connectivity index (χ1n) is 6.09. The van der Waals surface area contributed by atoms with Crippen molar-refractivity contribution in [2.75, 3.05) is 0 Å². The van der Waals surface area contributed by atoms with Crippen LogP contribution in [0.2, 0.25) is 0 Å². The van der Waals surface area contributed by atoms with Gasteiger partial charge in [0.25, 0.3) is 0 Å². The molecule has 0 aliphatic carbocycles. The zero-order valence-corrected chi connectivity index (χ0v) is 10.5. The number of hydrogen-bond donors (Lipinski definition) is 4. The molecular weight excluding hydrogens is 268 g/mol. The fourth-order valence-corrected chi connectivity index (χ4v) is 1.87. The Hall–Kier alpha value is -1.51. The van der Waals surface area contributed by atoms with E-state index in [0.717, 1.165) is 5.56 Å². The molecule has 20 heavy (non-hydrogen) atoms. The summed E-state index contributed by atoms with van der Waals surface area (Å²) in [6, 6.07) is 8.86. The van der Waals surface area contributed by atoms with Crippen LogP contribution < -0.4 is 0 Å². The summed E-state index contributed by atoms with van der Waals surface area (Å²) in [4.78, 5) is 11.8. The molecule has 0 spiro atoms. The Bertz CT molecular complexity index is 449. The van der Waals surface area contributed by atoms with Crippen molar-refractivity contribution in [2.24, 2.45) is 0 Å². The minimum Gasteiger partial charge on any atom is -0.459 e. The van der Waals surface area contributed by atoms with Gasteiger partial charge in [-0.05, 0) is 5.56 Å². The number of ether oxygens (including phenoxy) is 2. The van der Waals surface area contributed by atoms with E-state index in [2.05, 4.69) is 0 Å². The van der Waals surface area contributed by atoms with Crippen molar-refractivity contribution in [3.63, 3.8) is 0 Å². The monoisotopic (exact) mass is 284 g/mol. The average Bonchev–Trinajstić information content (AvgIpc) is 2.47. The molecule has 4 N–H and O–H groups in total. The Balaban J connectivity index is 1.95. The third-order valence-corrected chi connectivity index (χ3v) is 3.04. The van der Waals surface area contributed by atoms with Crippen LogP contribution in [0.25, 0.3) is 0 Å². The van der Waals surface area contributed by atoms with Gasteiger partial charge in [-0.15, -0.1) is 0 Å². The van der Waals surface area contributed by atoms with E-state index in [-0.39, 0.29) is 6.61 Å². The smallest absolute Gasteiger partial charge is 0.338 e. The minimum atomic E-state index is -1.76. The standard InChI is InChI=1S/C13H16O7/c14-8-9(15)11(20-12(17)10(8)16)13(18)19-6-7-4-2-1-3-5-7/h1-5,8-12,14-17H,6H2/t8-,9+,10?,11?,12+/m0/s1. The molecular formula is C13H16O7. The summed E-state index contributed by atoms with van der Waals surface area (Å²) in [5.74, 6) is -0.925. The minimum absolute atomic E-state index is 0.0268. The third kappa shape index (κ3) is 3.14. The molecule has 7 heteroatoms. The highest BCUT2D eigenvalue weighted by Gasteiger charge is 2.46. The van der Waals surface area contributed by atoms with Gasteiger partial charge in [0.05, 0.1) is 0 Å². The Morgan fingerprint density at radius 3 is 2.35 bits per heavy atom. The van der Waals surface area contributed by atoms with Crippen LogP contribution in [0.1, 0.15) is 5.56 Å². The molecule has 0 aromatic heterocycles. The fourth-order valence-electron chi connectivity index (χ4n) is 1.87. The molecule has 1 aromatic rings. The first-order chi connectivity index (χ1) is 9.50. The van der Waals surface area contributed by atoms with Crippen LogP contribution in [-0.2, 0) is 20.9 Å². The molecule has 7 nitrogen and oxygen atoms in total. The zero-order valence-electron chi connectivity index (χ0n) is 10.5. The topological polar surface area (TPSA) is 116 Å². The van der Waals surface area contributed by atoms with Gasteiger partial charge in [0.2, 0.25) is 0 Å². The van der Waals surface area contributed by atoms with Crippen LogP contribution >= 0.6 is 0 Å². The summed E-state index contributed by atoms with van der Waals surface area (Å²) in [7, 11) is 0. The van der Waals surface area contributed by atoms with Crippen molar-refractivity contribution >= 4 is 5.97 Å². The molecule has 1 fully saturated rings. The SMILES string of the molecule is O=C(OCc1ccccc1)C1O[C@@H](O)C(O)[C@@H](O)[C@H]1O. The van der Waals surface area contributed by atoms with Gasteiger partial charge in [-0.25, -0.2) is 4.79 Å². The van der Waals surface area contributed by atoms with Gasteiger partial charge < -0.3 is 29.9 Å². The number of benzene rings is 1. The van der Waals surface area contributed by atoms with E-state index < -0.39 is 36.7 Å². The molecule has 1 heterocycles. The Kier molecular flexibility index (Phi) is 4.69. The molecule has 1 aromatic carbocycles. The van der Waals surface area contributed by atoms with E-state index in [0.29, 0.717) is 0 Å². The van der Waals surface area contributed by atoms with Crippen LogP contribution in [0.3, 0.4) is 0 Å². The number of carbonyl (C=O) groups excluding carboxylic acids is 1. The maximum atomic E-state index is 11.8. The van der Waals surface area contributed by atoms with Gasteiger partial charge in [-0.2, -0.15) is 0 Å². The van der Waals surface area contributed by atoms with Gasteiger partial charge in [0.15, 0.2) is 12.4 Å². The molecule has 0 saturated carbocycles. The van der Waals surface area contributed by atoms with Crippen molar-refractivity contribution in [1.29, 1.82) is 0 Å². The maximum Gasteiger partial charge on any atom is 0.338 e. The summed E-state index contributed by atoms with van der Waals surface area (Å²) in [5.41, 5.74) is 0.743. The summed E-state index contributed by atoms with van der Waals surface area (Å²) < 4.78 is 9.69. The van der Waals surface area contributed by atoms with Crippen molar-refractivity contribution in [2.45, 2.75) is 37.3 Å². The largest absolute Gasteiger partial charge is 0.459 e. The second-order valence-corrected chi connectivity index (χ2v) is 4.51. The van der Waals surface area contributed by atoms with Gasteiger partial charge in [-0.3, -0.25) is 0 Å². The highest BCUT2D eigenvalue weighted by Crippen LogP contribution is 2.21. The molecule has 2 rings (SSSR count). The van der Waals surface area contributed by atoms with E-state index in [9.17, 15) is 25.2 Å². The van der Waals surface area contributed by atoms with Gasteiger partial charge in [0, 0.05) is 0 Å². The number of aliphatic hydroxyl groups is 4. The highest BCUT2D eigenvalue weighted by molar-refractivity contribution is 5.75. The summed E-state index contributed by atoms with van der Waals surface area (Å²) in [5, 5.41) is 37.7. The molecule has 1 aliphatic heterocycles. The highest BCUT2D eigenvalue weighted by atomic mass is 16.7. The van der Waals surface area contributed by atoms with Crippen molar-refractivity contribution < 1.29 is 34.7 Å². The van der Waals surface area contributed by atoms with E-state index in [1.807, 2.05) is 6.07 Å². The molecule has 1 aliphatic rings. The number of esters is 1. The van der Waals surface area contributed by atoms with Gasteiger partial charge in [-0.1, -0.05) is 30.3 Å². The van der Waals surface area contributed by atoms with Crippen LogP contribution in [-0.4, -0.2) is 57.1 Å². The number of rotatable bonds is 3. The maximum absolute atomic E-state index is 11.8. The zero-order chi connectivity index (χ0) is 14.7. The van der Waals surface area contributed by atoms with E-state index in [1.165, 1.54) is 0 Å². The molecule has 0 radical (unpaired) electrons. The second-order valence-electron chi connectivity index (χ2n) is 4.51. The lowest BCUT2D eigenvalue weighted by atomic mass is 9.99. The van der Waals surface area contributed by atoms with Crippen molar-refractivity contribution in [3.05, 3.63) is 35.9 Å². The number of aliphatic hydroxyl groups excluding tert-OH is 4. The predicted octanol–water partition coefficient (Wildman–Crippen LogP) is -1.47. The quantitative estimate of drug-likeness (QED) is 0.501. The molecule has 2 unspecified atom stereocenters. The summed E-state index contributed by atoms with van der Waals surface area (Å²) in [6.07, 6.45) is -8.34. The van der Waals surface area contributed by atoms with E-state index >= 15 is 0 Å². The lowest BCUT2D eigenvalue weighted by Crippen LogP contribution is -2.59. The molecule has 0 amide bonds. The van der Waals surface area contributed by atoms with Crippen LogP contribution in [0.5, 0.6) is 0 Å². The molecule has 0 bridgehead atoms. The number of hydrogen-bond acceptors (Lipinski definition) is 7. The summed E-state index contributed by atoms with van der Waals surface area (Å²) in [6.45, 7) is -0.0268. The fraction of sp³-hybridized carbons (Fsp3) is 0.462. The average molecular weight is 284 g/mol. The molecule has 110 valence electrons. The lowest BCUT2D eigenvalue weighted by molar-refractivity contribution is -0.281. The van der Waals surface area contributed by atoms with Crippen LogP contribution in [0.4, 0.5) is 0 Å². The first kappa shape index (κ1) is 14.9. The van der Waals surface area contributed by atoms with E-state index in [1.54, 1.807) is 24.3 Å². The van der Waals surface area contributed by atoms with Crippen LogP contribution in [0, 0.1) is 0 Å². The Labute approximate surface area is 115 Å². The Morgan fingerprint density at radius 2 is 1.70 bits per heavy atom. The summed E-state index contributed by atoms with van der Waals surface area (Å²) >= 11 is 0. The lowest BCUT2D eigenvalue weighted by Gasteiger charge is -2.36. The van der Waals surface area contributed by atoms with Crippen molar-refractivity contribution in [3.8, 4) is 0 Å². The second kappa shape index (κ2) is 6.29. The van der Waals surface area contributed by atoms with Crippen LogP contribution in [0.15, 0.2) is 30.3 Å². The van der Waals surface area contributed by atoms with Crippen molar-refractivity contribution in [1.82, 2.24) is 0 Å². The molecule has 5 atom stereocenters. The van der Waals surface area contributed by atoms with E-state index in [4.69, 9.17) is 9.47 Å². The third-order valence-electron chi connectivity index (χ3n) is 3.04. The molecule has 1 saturated heterocycles. The van der Waals surface area contributed by atoms with Gasteiger partial charge >= 0.3 is 5.97 Å².